The molecule has 0 unspecified atom stereocenters. The van der Waals surface area contributed by atoms with Gasteiger partial charge in [0.15, 0.2) is 6.61 Å². The molecule has 0 N–H and O–H groups in total. The van der Waals surface area contributed by atoms with E-state index >= 15 is 0 Å². The maximum atomic E-state index is 12.8. The standard InChI is InChI=1S/C17H19F3N2O3/c18-17(19,20)10-25-14-6-13(21-7-12(14)11-2-3-11)15(23)22-5-1-4-16(22)8-24-9-16/h6-7,11H,1-5,8-10H2. The van der Waals surface area contributed by atoms with Crippen molar-refractivity contribution >= 4 is 5.91 Å². The summed E-state index contributed by atoms with van der Waals surface area (Å²) in [6, 6.07) is 1.37. The molecule has 25 heavy (non-hydrogen) atoms. The number of ether oxygens (including phenoxy) is 2. The molecule has 1 aliphatic carbocycles. The Morgan fingerprint density at radius 3 is 2.76 bits per heavy atom. The summed E-state index contributed by atoms with van der Waals surface area (Å²) in [5.41, 5.74) is 0.527. The number of aromatic nitrogens is 1. The lowest BCUT2D eigenvalue weighted by Crippen LogP contribution is -2.60. The number of hydrogen-bond donors (Lipinski definition) is 0. The zero-order valence-electron chi connectivity index (χ0n) is 13.6. The van der Waals surface area contributed by atoms with Crippen LogP contribution in [0.3, 0.4) is 0 Å². The summed E-state index contributed by atoms with van der Waals surface area (Å²) in [6.45, 7) is 0.269. The first-order valence-corrected chi connectivity index (χ1v) is 8.47. The van der Waals surface area contributed by atoms with Gasteiger partial charge in [0.2, 0.25) is 0 Å². The number of likely N-dealkylation sites (tertiary alicyclic amines) is 1. The van der Waals surface area contributed by atoms with Crippen LogP contribution in [0.25, 0.3) is 0 Å². The second-order valence-electron chi connectivity index (χ2n) is 7.06. The fraction of sp³-hybridized carbons (Fsp3) is 0.647. The molecule has 3 heterocycles. The van der Waals surface area contributed by atoms with Crippen LogP contribution in [0.2, 0.25) is 0 Å². The molecule has 0 aromatic carbocycles. The summed E-state index contributed by atoms with van der Waals surface area (Å²) in [5, 5.41) is 0. The predicted octanol–water partition coefficient (Wildman–Crippen LogP) is 2.91. The Morgan fingerprint density at radius 1 is 1.40 bits per heavy atom. The average Bonchev–Trinajstić information content (AvgIpc) is 3.27. The van der Waals surface area contributed by atoms with Crippen molar-refractivity contribution in [3.8, 4) is 5.75 Å². The van der Waals surface area contributed by atoms with Gasteiger partial charge in [0.25, 0.3) is 5.91 Å². The zero-order valence-corrected chi connectivity index (χ0v) is 13.6. The molecule has 5 nitrogen and oxygen atoms in total. The minimum Gasteiger partial charge on any atom is -0.484 e. The Balaban J connectivity index is 1.58. The molecule has 1 saturated carbocycles. The molecule has 1 amide bonds. The second-order valence-corrected chi connectivity index (χ2v) is 7.06. The molecular formula is C17H19F3N2O3. The van der Waals surface area contributed by atoms with E-state index in [0.29, 0.717) is 25.3 Å². The van der Waals surface area contributed by atoms with Crippen molar-refractivity contribution in [2.45, 2.75) is 43.3 Å². The molecule has 2 aliphatic heterocycles. The third-order valence-electron chi connectivity index (χ3n) is 5.11. The van der Waals surface area contributed by atoms with Gasteiger partial charge < -0.3 is 14.4 Å². The highest BCUT2D eigenvalue weighted by Gasteiger charge is 2.49. The predicted molar refractivity (Wildman–Crippen MR) is 81.6 cm³/mol. The first-order valence-electron chi connectivity index (χ1n) is 8.47. The first kappa shape index (κ1) is 16.6. The SMILES string of the molecule is O=C(c1cc(OCC(F)(F)F)c(C2CC2)cn1)N1CCCC12COC2. The van der Waals surface area contributed by atoms with E-state index < -0.39 is 12.8 Å². The van der Waals surface area contributed by atoms with Crippen molar-refractivity contribution in [2.75, 3.05) is 26.4 Å². The van der Waals surface area contributed by atoms with Crippen LogP contribution in [0.5, 0.6) is 5.75 Å². The van der Waals surface area contributed by atoms with Gasteiger partial charge in [0.1, 0.15) is 11.4 Å². The van der Waals surface area contributed by atoms with Crippen molar-refractivity contribution in [3.05, 3.63) is 23.5 Å². The van der Waals surface area contributed by atoms with E-state index in [2.05, 4.69) is 4.98 Å². The molecule has 0 atom stereocenters. The van der Waals surface area contributed by atoms with Gasteiger partial charge in [-0.1, -0.05) is 0 Å². The number of pyridine rings is 1. The Kier molecular flexibility index (Phi) is 3.90. The van der Waals surface area contributed by atoms with Gasteiger partial charge in [-0.2, -0.15) is 13.2 Å². The maximum Gasteiger partial charge on any atom is 0.422 e. The smallest absolute Gasteiger partial charge is 0.422 e. The van der Waals surface area contributed by atoms with Crippen molar-refractivity contribution in [3.63, 3.8) is 0 Å². The third-order valence-corrected chi connectivity index (χ3v) is 5.11. The summed E-state index contributed by atoms with van der Waals surface area (Å²) in [4.78, 5) is 18.8. The zero-order chi connectivity index (χ0) is 17.7. The fourth-order valence-electron chi connectivity index (χ4n) is 3.58. The first-order chi connectivity index (χ1) is 11.9. The van der Waals surface area contributed by atoms with Crippen LogP contribution in [-0.2, 0) is 4.74 Å². The summed E-state index contributed by atoms with van der Waals surface area (Å²) < 4.78 is 47.8. The molecule has 2 saturated heterocycles. The van der Waals surface area contributed by atoms with Gasteiger partial charge in [-0.05, 0) is 31.6 Å². The van der Waals surface area contributed by atoms with E-state index in [4.69, 9.17) is 9.47 Å². The highest BCUT2D eigenvalue weighted by atomic mass is 19.4. The lowest BCUT2D eigenvalue weighted by molar-refractivity contribution is -0.153. The van der Waals surface area contributed by atoms with E-state index in [1.807, 2.05) is 0 Å². The van der Waals surface area contributed by atoms with E-state index in [9.17, 15) is 18.0 Å². The van der Waals surface area contributed by atoms with E-state index in [0.717, 1.165) is 25.7 Å². The Morgan fingerprint density at radius 2 is 2.16 bits per heavy atom. The van der Waals surface area contributed by atoms with Crippen LogP contribution in [0.4, 0.5) is 13.2 Å². The molecule has 0 bridgehead atoms. The molecule has 136 valence electrons. The number of carbonyl (C=O) groups is 1. The second kappa shape index (κ2) is 5.86. The largest absolute Gasteiger partial charge is 0.484 e. The van der Waals surface area contributed by atoms with Gasteiger partial charge >= 0.3 is 6.18 Å². The van der Waals surface area contributed by atoms with Crippen molar-refractivity contribution in [1.82, 2.24) is 9.88 Å². The lowest BCUT2D eigenvalue weighted by atomic mass is 9.94. The van der Waals surface area contributed by atoms with Crippen LogP contribution in [-0.4, -0.2) is 53.9 Å². The molecule has 3 aliphatic rings. The topological polar surface area (TPSA) is 51.7 Å². The van der Waals surface area contributed by atoms with Crippen molar-refractivity contribution in [2.24, 2.45) is 0 Å². The molecule has 0 radical (unpaired) electrons. The molecule has 3 fully saturated rings. The Bertz CT molecular complexity index is 684. The summed E-state index contributed by atoms with van der Waals surface area (Å²) >= 11 is 0. The van der Waals surface area contributed by atoms with Crippen molar-refractivity contribution < 1.29 is 27.4 Å². The van der Waals surface area contributed by atoms with Gasteiger partial charge in [0.05, 0.1) is 18.8 Å². The molecule has 1 spiro atoms. The molecule has 1 aromatic heterocycles. The highest BCUT2D eigenvalue weighted by molar-refractivity contribution is 5.93. The quantitative estimate of drug-likeness (QED) is 0.832. The number of rotatable bonds is 4. The molecular weight excluding hydrogens is 337 g/mol. The third kappa shape index (κ3) is 3.19. The van der Waals surface area contributed by atoms with Crippen LogP contribution >= 0.6 is 0 Å². The van der Waals surface area contributed by atoms with Gasteiger partial charge in [-0.3, -0.25) is 9.78 Å². The highest BCUT2D eigenvalue weighted by Crippen LogP contribution is 2.44. The molecule has 8 heteroatoms. The summed E-state index contributed by atoms with van der Waals surface area (Å²) in [5.74, 6) is 0.0364. The average molecular weight is 356 g/mol. The molecule has 1 aromatic rings. The van der Waals surface area contributed by atoms with Gasteiger partial charge in [-0.15, -0.1) is 0 Å². The van der Waals surface area contributed by atoms with Gasteiger partial charge in [0, 0.05) is 24.4 Å². The number of carbonyl (C=O) groups excluding carboxylic acids is 1. The normalized spacial score (nSPS) is 22.1. The number of alkyl halides is 3. The monoisotopic (exact) mass is 356 g/mol. The van der Waals surface area contributed by atoms with Crippen LogP contribution < -0.4 is 4.74 Å². The van der Waals surface area contributed by atoms with Crippen LogP contribution in [0, 0.1) is 0 Å². The van der Waals surface area contributed by atoms with E-state index in [1.54, 1.807) is 4.90 Å². The van der Waals surface area contributed by atoms with Crippen molar-refractivity contribution in [1.29, 1.82) is 0 Å². The van der Waals surface area contributed by atoms with Crippen LogP contribution in [0.1, 0.15) is 47.7 Å². The number of halogens is 3. The maximum absolute atomic E-state index is 12.8. The Hall–Kier alpha value is -1.83. The molecule has 4 rings (SSSR count). The Labute approximate surface area is 143 Å². The summed E-state index contributed by atoms with van der Waals surface area (Å²) in [7, 11) is 0. The number of hydrogen-bond acceptors (Lipinski definition) is 4. The minimum atomic E-state index is -4.42. The summed E-state index contributed by atoms with van der Waals surface area (Å²) in [6.07, 6.45) is 0.671. The minimum absolute atomic E-state index is 0.122. The van der Waals surface area contributed by atoms with Crippen LogP contribution in [0.15, 0.2) is 12.3 Å². The fourth-order valence-corrected chi connectivity index (χ4v) is 3.58. The van der Waals surface area contributed by atoms with E-state index in [1.165, 1.54) is 12.3 Å². The van der Waals surface area contributed by atoms with Gasteiger partial charge in [-0.25, -0.2) is 0 Å². The number of nitrogens with zero attached hydrogens (tertiary/aromatic N) is 2. The van der Waals surface area contributed by atoms with E-state index in [-0.39, 0.29) is 28.8 Å². The number of amides is 1. The lowest BCUT2D eigenvalue weighted by Gasteiger charge is -2.45.